The summed E-state index contributed by atoms with van der Waals surface area (Å²) in [6.45, 7) is 1.65. The molecule has 1 fully saturated rings. The molecule has 0 aliphatic carbocycles. The van der Waals surface area contributed by atoms with E-state index in [2.05, 4.69) is 10.1 Å². The summed E-state index contributed by atoms with van der Waals surface area (Å²) in [7, 11) is 0. The second-order valence-corrected chi connectivity index (χ2v) is 7.26. The molecule has 0 spiro atoms. The van der Waals surface area contributed by atoms with Gasteiger partial charge in [-0.2, -0.15) is 4.98 Å². The van der Waals surface area contributed by atoms with Crippen LogP contribution in [0.1, 0.15) is 33.7 Å². The van der Waals surface area contributed by atoms with Crippen LogP contribution in [0.25, 0.3) is 0 Å². The molecule has 1 atom stereocenters. The lowest BCUT2D eigenvalue weighted by Gasteiger charge is -2.14. The van der Waals surface area contributed by atoms with E-state index in [1.54, 1.807) is 12.1 Å². The van der Waals surface area contributed by atoms with Gasteiger partial charge in [0.15, 0.2) is 5.82 Å². The smallest absolute Gasteiger partial charge is 0.263 e. The molecule has 1 aliphatic heterocycles. The van der Waals surface area contributed by atoms with Gasteiger partial charge in [0.05, 0.1) is 17.4 Å². The summed E-state index contributed by atoms with van der Waals surface area (Å²) in [5, 5.41) is 5.90. The fraction of sp³-hybridized carbons (Fsp3) is 0.316. The number of amides is 1. The predicted molar refractivity (Wildman–Crippen MR) is 97.5 cm³/mol. The number of halogens is 1. The van der Waals surface area contributed by atoms with Crippen molar-refractivity contribution < 1.29 is 18.4 Å². The van der Waals surface area contributed by atoms with Crippen LogP contribution in [-0.2, 0) is 6.42 Å². The summed E-state index contributed by atoms with van der Waals surface area (Å²) < 4.78 is 23.8. The molecular weight excluding hydrogens is 369 g/mol. The van der Waals surface area contributed by atoms with Crippen LogP contribution in [0.5, 0.6) is 5.75 Å². The molecule has 3 heterocycles. The Bertz CT molecular complexity index is 895. The van der Waals surface area contributed by atoms with E-state index in [1.807, 2.05) is 22.4 Å². The lowest BCUT2D eigenvalue weighted by Crippen LogP contribution is -2.27. The number of aromatic nitrogens is 2. The van der Waals surface area contributed by atoms with Gasteiger partial charge < -0.3 is 14.2 Å². The molecule has 1 aromatic carbocycles. The van der Waals surface area contributed by atoms with Crippen LogP contribution in [0.15, 0.2) is 46.3 Å². The lowest BCUT2D eigenvalue weighted by atomic mass is 10.1. The van der Waals surface area contributed by atoms with E-state index in [9.17, 15) is 9.18 Å². The maximum Gasteiger partial charge on any atom is 0.263 e. The van der Waals surface area contributed by atoms with Crippen LogP contribution >= 0.6 is 11.3 Å². The van der Waals surface area contributed by atoms with E-state index >= 15 is 0 Å². The van der Waals surface area contributed by atoms with E-state index in [4.69, 9.17) is 9.26 Å². The highest BCUT2D eigenvalue weighted by Crippen LogP contribution is 2.27. The van der Waals surface area contributed by atoms with Gasteiger partial charge in [0, 0.05) is 19.5 Å². The molecular formula is C19H18FN3O3S. The molecule has 0 radical (unpaired) electrons. The van der Waals surface area contributed by atoms with Crippen molar-refractivity contribution in [3.8, 4) is 5.75 Å². The van der Waals surface area contributed by atoms with Gasteiger partial charge in [-0.1, -0.05) is 11.2 Å². The fourth-order valence-electron chi connectivity index (χ4n) is 3.03. The first-order chi connectivity index (χ1) is 13.2. The number of benzene rings is 1. The summed E-state index contributed by atoms with van der Waals surface area (Å²) >= 11 is 1.45. The SMILES string of the molecule is O=C(c1cccs1)N1CCC(c2nc(CCOc3ccc(F)cc3)no2)C1. The minimum absolute atomic E-state index is 0.0555. The van der Waals surface area contributed by atoms with E-state index < -0.39 is 0 Å². The van der Waals surface area contributed by atoms with Crippen LogP contribution in [0.3, 0.4) is 0 Å². The van der Waals surface area contributed by atoms with Crippen LogP contribution in [0.2, 0.25) is 0 Å². The number of ether oxygens (including phenoxy) is 1. The first-order valence-electron chi connectivity index (χ1n) is 8.72. The van der Waals surface area contributed by atoms with Crippen LogP contribution in [0, 0.1) is 5.82 Å². The Morgan fingerprint density at radius 1 is 1.33 bits per heavy atom. The average Bonchev–Trinajstić information content (AvgIpc) is 3.44. The van der Waals surface area contributed by atoms with E-state index in [-0.39, 0.29) is 17.6 Å². The molecule has 1 saturated heterocycles. The second kappa shape index (κ2) is 7.87. The molecule has 2 aromatic heterocycles. The molecule has 8 heteroatoms. The van der Waals surface area contributed by atoms with Crippen molar-refractivity contribution >= 4 is 17.2 Å². The number of carbonyl (C=O) groups is 1. The monoisotopic (exact) mass is 387 g/mol. The van der Waals surface area contributed by atoms with Gasteiger partial charge in [0.2, 0.25) is 5.89 Å². The molecule has 0 saturated carbocycles. The maximum atomic E-state index is 12.9. The summed E-state index contributed by atoms with van der Waals surface area (Å²) in [5.41, 5.74) is 0. The van der Waals surface area contributed by atoms with Crippen LogP contribution in [0.4, 0.5) is 4.39 Å². The zero-order chi connectivity index (χ0) is 18.6. The molecule has 0 bridgehead atoms. The Balaban J connectivity index is 1.29. The maximum absolute atomic E-state index is 12.9. The number of hydrogen-bond donors (Lipinski definition) is 0. The van der Waals surface area contributed by atoms with E-state index in [0.29, 0.717) is 43.6 Å². The Morgan fingerprint density at radius 2 is 2.19 bits per heavy atom. The van der Waals surface area contributed by atoms with Crippen LogP contribution < -0.4 is 4.74 Å². The molecule has 6 nitrogen and oxygen atoms in total. The summed E-state index contributed by atoms with van der Waals surface area (Å²) in [5.74, 6) is 1.54. The van der Waals surface area contributed by atoms with Gasteiger partial charge in [-0.25, -0.2) is 4.39 Å². The average molecular weight is 387 g/mol. The normalized spacial score (nSPS) is 16.6. The largest absolute Gasteiger partial charge is 0.493 e. The van der Waals surface area contributed by atoms with Gasteiger partial charge in [0.1, 0.15) is 11.6 Å². The highest BCUT2D eigenvalue weighted by Gasteiger charge is 2.31. The summed E-state index contributed by atoms with van der Waals surface area (Å²) in [6, 6.07) is 9.58. The minimum atomic E-state index is -0.298. The molecule has 1 amide bonds. The highest BCUT2D eigenvalue weighted by atomic mass is 32.1. The van der Waals surface area contributed by atoms with Gasteiger partial charge in [-0.3, -0.25) is 4.79 Å². The van der Waals surface area contributed by atoms with Crippen molar-refractivity contribution in [2.45, 2.75) is 18.8 Å². The highest BCUT2D eigenvalue weighted by molar-refractivity contribution is 7.12. The van der Waals surface area contributed by atoms with E-state index in [0.717, 1.165) is 11.3 Å². The number of likely N-dealkylation sites (tertiary alicyclic amines) is 1. The topological polar surface area (TPSA) is 68.5 Å². The number of rotatable bonds is 6. The Morgan fingerprint density at radius 3 is 2.96 bits per heavy atom. The molecule has 140 valence electrons. The second-order valence-electron chi connectivity index (χ2n) is 6.32. The first kappa shape index (κ1) is 17.7. The first-order valence-corrected chi connectivity index (χ1v) is 9.60. The quantitative estimate of drug-likeness (QED) is 0.647. The Hall–Kier alpha value is -2.74. The van der Waals surface area contributed by atoms with Crippen molar-refractivity contribution in [3.63, 3.8) is 0 Å². The van der Waals surface area contributed by atoms with Crippen LogP contribution in [-0.4, -0.2) is 40.6 Å². The third kappa shape index (κ3) is 4.16. The third-order valence-corrected chi connectivity index (χ3v) is 5.31. The summed E-state index contributed by atoms with van der Waals surface area (Å²) in [4.78, 5) is 19.4. The Kier molecular flexibility index (Phi) is 5.15. The lowest BCUT2D eigenvalue weighted by molar-refractivity contribution is 0.0794. The standard InChI is InChI=1S/C19H18FN3O3S/c20-14-3-5-15(6-4-14)25-10-8-17-21-18(26-22-17)13-7-9-23(12-13)19(24)16-2-1-11-27-16/h1-6,11,13H,7-10,12H2. The molecule has 4 rings (SSSR count). The van der Waals surface area contributed by atoms with Crippen molar-refractivity contribution in [1.82, 2.24) is 15.0 Å². The minimum Gasteiger partial charge on any atom is -0.493 e. The van der Waals surface area contributed by atoms with Crippen molar-refractivity contribution in [1.29, 1.82) is 0 Å². The molecule has 0 N–H and O–H groups in total. The molecule has 3 aromatic rings. The van der Waals surface area contributed by atoms with Crippen molar-refractivity contribution in [2.75, 3.05) is 19.7 Å². The Labute approximate surface area is 159 Å². The number of nitrogens with zero attached hydrogens (tertiary/aromatic N) is 3. The van der Waals surface area contributed by atoms with Crippen molar-refractivity contribution in [3.05, 3.63) is 64.2 Å². The van der Waals surface area contributed by atoms with E-state index in [1.165, 1.54) is 23.5 Å². The van der Waals surface area contributed by atoms with Crippen molar-refractivity contribution in [2.24, 2.45) is 0 Å². The van der Waals surface area contributed by atoms with Gasteiger partial charge in [0.25, 0.3) is 5.91 Å². The van der Waals surface area contributed by atoms with Gasteiger partial charge in [-0.15, -0.1) is 11.3 Å². The molecule has 27 heavy (non-hydrogen) atoms. The number of hydrogen-bond acceptors (Lipinski definition) is 6. The summed E-state index contributed by atoms with van der Waals surface area (Å²) in [6.07, 6.45) is 1.30. The molecule has 1 aliphatic rings. The van der Waals surface area contributed by atoms with Gasteiger partial charge >= 0.3 is 0 Å². The molecule has 1 unspecified atom stereocenters. The third-order valence-electron chi connectivity index (χ3n) is 4.45. The fourth-order valence-corrected chi connectivity index (χ4v) is 3.72. The number of thiophene rings is 1. The zero-order valence-corrected chi connectivity index (χ0v) is 15.3. The predicted octanol–water partition coefficient (Wildman–Crippen LogP) is 3.52. The number of carbonyl (C=O) groups excluding carboxylic acids is 1. The van der Waals surface area contributed by atoms with Gasteiger partial charge in [-0.05, 0) is 42.1 Å². The zero-order valence-electron chi connectivity index (χ0n) is 14.5.